The molecule has 0 spiro atoms. The quantitative estimate of drug-likeness (QED) is 0.440. The van der Waals surface area contributed by atoms with Crippen LogP contribution in [0.25, 0.3) is 0 Å². The maximum absolute atomic E-state index is 12.8. The molecule has 0 amide bonds. The summed E-state index contributed by atoms with van der Waals surface area (Å²) >= 11 is 1.97. The Balaban J connectivity index is 2.13. The Morgan fingerprint density at radius 1 is 1.43 bits per heavy atom. The van der Waals surface area contributed by atoms with E-state index in [1.807, 2.05) is 22.6 Å². The Labute approximate surface area is 145 Å². The largest absolute Gasteiger partial charge is 0.469 e. The normalized spacial score (nSPS) is 27.9. The van der Waals surface area contributed by atoms with Crippen molar-refractivity contribution >= 4 is 28.6 Å². The van der Waals surface area contributed by atoms with E-state index in [0.29, 0.717) is 5.56 Å². The lowest BCUT2D eigenvalue weighted by atomic mass is 10.0. The van der Waals surface area contributed by atoms with Gasteiger partial charge >= 0.3 is 12.1 Å². The Bertz CT molecular complexity index is 564. The number of aliphatic hydroxyl groups is 1. The minimum Gasteiger partial charge on any atom is -0.469 e. The second-order valence-electron chi connectivity index (χ2n) is 5.27. The monoisotopic (exact) mass is 444 g/mol. The van der Waals surface area contributed by atoms with Crippen molar-refractivity contribution in [2.45, 2.75) is 41.3 Å². The fourth-order valence-electron chi connectivity index (χ4n) is 2.48. The van der Waals surface area contributed by atoms with Gasteiger partial charge < -0.3 is 14.6 Å². The lowest BCUT2D eigenvalue weighted by Gasteiger charge is -2.16. The molecule has 1 heterocycles. The topological polar surface area (TPSA) is 55.8 Å². The van der Waals surface area contributed by atoms with Gasteiger partial charge in [-0.25, -0.2) is 0 Å². The summed E-state index contributed by atoms with van der Waals surface area (Å²) in [7, 11) is 1.26. The molecule has 0 bridgehead atoms. The van der Waals surface area contributed by atoms with E-state index in [0.717, 1.165) is 12.1 Å². The molecule has 4 nitrogen and oxygen atoms in total. The van der Waals surface area contributed by atoms with Gasteiger partial charge in [0.05, 0.1) is 34.9 Å². The molecule has 23 heavy (non-hydrogen) atoms. The SMILES string of the molecule is COC(=O)CC[C@@H]1O[C@@H](c2cccc(C(F)(F)F)c2)[C@@H](I)[C@H]1O. The highest BCUT2D eigenvalue weighted by molar-refractivity contribution is 14.1. The van der Waals surface area contributed by atoms with Crippen LogP contribution in [0.1, 0.15) is 30.1 Å². The predicted octanol–water partition coefficient (Wildman–Crippen LogP) is 3.26. The van der Waals surface area contributed by atoms with Crippen molar-refractivity contribution in [2.24, 2.45) is 0 Å². The molecule has 0 radical (unpaired) electrons. The first-order chi connectivity index (χ1) is 10.7. The summed E-state index contributed by atoms with van der Waals surface area (Å²) in [4.78, 5) is 11.2. The third-order valence-electron chi connectivity index (χ3n) is 3.72. The van der Waals surface area contributed by atoms with Gasteiger partial charge in [0.15, 0.2) is 0 Å². The smallest absolute Gasteiger partial charge is 0.416 e. The Morgan fingerprint density at radius 3 is 2.74 bits per heavy atom. The first kappa shape index (κ1) is 18.5. The minimum atomic E-state index is -4.43. The number of carbonyl (C=O) groups is 1. The lowest BCUT2D eigenvalue weighted by molar-refractivity contribution is -0.142. The number of methoxy groups -OCH3 is 1. The van der Waals surface area contributed by atoms with Gasteiger partial charge in [-0.1, -0.05) is 34.7 Å². The summed E-state index contributed by atoms with van der Waals surface area (Å²) in [6.07, 6.45) is -6.23. The molecule has 2 rings (SSSR count). The second-order valence-corrected chi connectivity index (χ2v) is 6.71. The first-order valence-corrected chi connectivity index (χ1v) is 8.20. The van der Waals surface area contributed by atoms with E-state index in [1.165, 1.54) is 13.2 Å². The molecule has 0 aliphatic carbocycles. The van der Waals surface area contributed by atoms with Crippen LogP contribution in [0.4, 0.5) is 13.2 Å². The summed E-state index contributed by atoms with van der Waals surface area (Å²) in [5.41, 5.74) is -0.395. The van der Waals surface area contributed by atoms with Crippen LogP contribution in [0.3, 0.4) is 0 Å². The summed E-state index contributed by atoms with van der Waals surface area (Å²) in [5.74, 6) is -0.423. The summed E-state index contributed by atoms with van der Waals surface area (Å²) in [6.45, 7) is 0. The highest BCUT2D eigenvalue weighted by atomic mass is 127. The Kier molecular flexibility index (Phi) is 5.90. The van der Waals surface area contributed by atoms with Crippen molar-refractivity contribution in [1.29, 1.82) is 0 Å². The molecular weight excluding hydrogens is 428 g/mol. The number of hydrogen-bond acceptors (Lipinski definition) is 4. The van der Waals surface area contributed by atoms with Crippen LogP contribution in [0.2, 0.25) is 0 Å². The molecule has 1 N–H and O–H groups in total. The van der Waals surface area contributed by atoms with Crippen molar-refractivity contribution in [3.8, 4) is 0 Å². The third kappa shape index (κ3) is 4.36. The summed E-state index contributed by atoms with van der Waals surface area (Å²) in [5, 5.41) is 10.2. The molecule has 1 aromatic carbocycles. The lowest BCUT2D eigenvalue weighted by Crippen LogP contribution is -2.27. The van der Waals surface area contributed by atoms with Gasteiger partial charge in [-0.15, -0.1) is 0 Å². The number of esters is 1. The first-order valence-electron chi connectivity index (χ1n) is 6.95. The Morgan fingerprint density at radius 2 is 2.13 bits per heavy atom. The predicted molar refractivity (Wildman–Crippen MR) is 84.1 cm³/mol. The number of halogens is 4. The van der Waals surface area contributed by atoms with Crippen LogP contribution in [-0.4, -0.2) is 34.3 Å². The maximum atomic E-state index is 12.8. The second kappa shape index (κ2) is 7.35. The van der Waals surface area contributed by atoms with E-state index < -0.39 is 39.9 Å². The zero-order valence-electron chi connectivity index (χ0n) is 12.2. The molecule has 128 valence electrons. The van der Waals surface area contributed by atoms with Crippen molar-refractivity contribution < 1.29 is 32.5 Å². The number of ether oxygens (including phenoxy) is 2. The van der Waals surface area contributed by atoms with Crippen molar-refractivity contribution in [1.82, 2.24) is 0 Å². The van der Waals surface area contributed by atoms with E-state index in [9.17, 15) is 23.1 Å². The number of alkyl halides is 4. The average molecular weight is 444 g/mol. The zero-order chi connectivity index (χ0) is 17.2. The molecule has 4 atom stereocenters. The van der Waals surface area contributed by atoms with E-state index in [1.54, 1.807) is 6.07 Å². The molecule has 1 fully saturated rings. The van der Waals surface area contributed by atoms with Crippen molar-refractivity contribution in [3.05, 3.63) is 35.4 Å². The molecule has 0 unspecified atom stereocenters. The van der Waals surface area contributed by atoms with E-state index >= 15 is 0 Å². The molecule has 1 aliphatic rings. The van der Waals surface area contributed by atoms with Crippen molar-refractivity contribution in [3.63, 3.8) is 0 Å². The number of carbonyl (C=O) groups excluding carboxylic acids is 1. The molecular formula is C15H16F3IO4. The van der Waals surface area contributed by atoms with Crippen LogP contribution < -0.4 is 0 Å². The number of rotatable bonds is 4. The highest BCUT2D eigenvalue weighted by Crippen LogP contribution is 2.41. The standard InChI is InChI=1S/C15H16F3IO4/c1-22-11(20)6-5-10-13(21)12(19)14(23-10)8-3-2-4-9(7-8)15(16,17)18/h2-4,7,10,12-14,21H,5-6H2,1H3/t10-,12-,13-,14-/m0/s1. The van der Waals surface area contributed by atoms with Crippen LogP contribution in [0.5, 0.6) is 0 Å². The highest BCUT2D eigenvalue weighted by Gasteiger charge is 2.43. The van der Waals surface area contributed by atoms with Gasteiger partial charge in [0.1, 0.15) is 0 Å². The van der Waals surface area contributed by atoms with Gasteiger partial charge in [0, 0.05) is 6.42 Å². The molecule has 1 saturated heterocycles. The van der Waals surface area contributed by atoms with Gasteiger partial charge in [-0.2, -0.15) is 13.2 Å². The summed E-state index contributed by atoms with van der Waals surface area (Å²) < 4.78 is 48.3. The van der Waals surface area contributed by atoms with Crippen LogP contribution in [-0.2, 0) is 20.4 Å². The number of benzene rings is 1. The molecule has 0 aromatic heterocycles. The number of hydrogen-bond donors (Lipinski definition) is 1. The van der Waals surface area contributed by atoms with Gasteiger partial charge in [-0.05, 0) is 24.1 Å². The average Bonchev–Trinajstić information content (AvgIpc) is 2.80. The van der Waals surface area contributed by atoms with E-state index in [-0.39, 0.29) is 12.8 Å². The zero-order valence-corrected chi connectivity index (χ0v) is 14.4. The molecule has 1 aliphatic heterocycles. The van der Waals surface area contributed by atoms with Gasteiger partial charge in [0.25, 0.3) is 0 Å². The third-order valence-corrected chi connectivity index (χ3v) is 5.11. The maximum Gasteiger partial charge on any atom is 0.416 e. The van der Waals surface area contributed by atoms with Crippen LogP contribution in [0.15, 0.2) is 24.3 Å². The van der Waals surface area contributed by atoms with Gasteiger partial charge in [0.2, 0.25) is 0 Å². The molecule has 8 heteroatoms. The van der Waals surface area contributed by atoms with E-state index in [2.05, 4.69) is 4.74 Å². The Hall–Kier alpha value is -0.870. The number of aliphatic hydroxyl groups excluding tert-OH is 1. The molecule has 1 aromatic rings. The fraction of sp³-hybridized carbons (Fsp3) is 0.533. The van der Waals surface area contributed by atoms with Gasteiger partial charge in [-0.3, -0.25) is 4.79 Å². The summed E-state index contributed by atoms with van der Waals surface area (Å²) in [6, 6.07) is 4.89. The van der Waals surface area contributed by atoms with Crippen LogP contribution in [0, 0.1) is 0 Å². The van der Waals surface area contributed by atoms with Crippen molar-refractivity contribution in [2.75, 3.05) is 7.11 Å². The molecule has 0 saturated carbocycles. The van der Waals surface area contributed by atoms with E-state index in [4.69, 9.17) is 4.74 Å². The van der Waals surface area contributed by atoms with Crippen LogP contribution >= 0.6 is 22.6 Å². The minimum absolute atomic E-state index is 0.0803. The fourth-order valence-corrected chi connectivity index (χ4v) is 3.53.